The first-order chi connectivity index (χ1) is 13.5. The van der Waals surface area contributed by atoms with Crippen LogP contribution in [0, 0.1) is 11.8 Å². The summed E-state index contributed by atoms with van der Waals surface area (Å²) in [6.45, 7) is 16.4. The number of rotatable bonds is 10. The van der Waals surface area contributed by atoms with Gasteiger partial charge in [-0.3, -0.25) is 0 Å². The first kappa shape index (κ1) is 24.4. The highest BCUT2D eigenvalue weighted by atomic mass is 32.2. The Hall–Kier alpha value is -1.66. The van der Waals surface area contributed by atoms with Crippen LogP contribution < -0.4 is 0 Å². The molecular weight excluding hydrogens is 384 g/mol. The van der Waals surface area contributed by atoms with Gasteiger partial charge in [0.15, 0.2) is 10.3 Å². The maximum absolute atomic E-state index is 4.19. The van der Waals surface area contributed by atoms with Gasteiger partial charge in [-0.1, -0.05) is 63.4 Å². The molecule has 0 amide bonds. The quantitative estimate of drug-likeness (QED) is 0.256. The minimum absolute atomic E-state index is 0.524. The monoisotopic (exact) mass is 416 g/mol. The first-order valence-electron chi connectivity index (χ1n) is 9.57. The van der Waals surface area contributed by atoms with Crippen LogP contribution in [0.25, 0.3) is 0 Å². The molecule has 2 rings (SSSR count). The van der Waals surface area contributed by atoms with Crippen molar-refractivity contribution in [3.05, 3.63) is 62.2 Å². The number of allylic oxidation sites excluding steroid dienone is 2. The fourth-order valence-corrected chi connectivity index (χ4v) is 4.01. The molecule has 0 saturated heterocycles. The lowest BCUT2D eigenvalue weighted by Crippen LogP contribution is -2.09. The molecule has 0 aliphatic carbocycles. The molecule has 0 spiro atoms. The van der Waals surface area contributed by atoms with Gasteiger partial charge in [-0.25, -0.2) is 19.9 Å². The van der Waals surface area contributed by atoms with Crippen molar-refractivity contribution in [1.82, 2.24) is 19.9 Å². The molecule has 0 N–H and O–H groups in total. The second-order valence-electron chi connectivity index (χ2n) is 6.71. The highest BCUT2D eigenvalue weighted by molar-refractivity contribution is 8.00. The van der Waals surface area contributed by atoms with E-state index in [1.807, 2.05) is 24.3 Å². The number of thioether (sulfide) groups is 2. The Morgan fingerprint density at radius 1 is 0.714 bits per heavy atom. The molecule has 28 heavy (non-hydrogen) atoms. The van der Waals surface area contributed by atoms with Crippen LogP contribution >= 0.6 is 23.5 Å². The minimum atomic E-state index is 0.524. The van der Waals surface area contributed by atoms with Crippen LogP contribution in [-0.4, -0.2) is 30.4 Å². The Balaban J connectivity index is 0.000000280. The average Bonchev–Trinajstić information content (AvgIpc) is 2.70. The van der Waals surface area contributed by atoms with Crippen LogP contribution in [0.15, 0.2) is 72.5 Å². The number of hydrogen-bond acceptors (Lipinski definition) is 6. The largest absolute Gasteiger partial charge is 0.231 e. The van der Waals surface area contributed by atoms with E-state index in [4.69, 9.17) is 0 Å². The average molecular weight is 417 g/mol. The van der Waals surface area contributed by atoms with Crippen molar-refractivity contribution < 1.29 is 0 Å². The Kier molecular flexibility index (Phi) is 12.5. The van der Waals surface area contributed by atoms with Crippen LogP contribution in [0.3, 0.4) is 0 Å². The molecule has 0 unspecified atom stereocenters. The van der Waals surface area contributed by atoms with Crippen molar-refractivity contribution in [2.75, 3.05) is 0 Å². The van der Waals surface area contributed by atoms with Crippen molar-refractivity contribution in [1.29, 1.82) is 0 Å². The lowest BCUT2D eigenvalue weighted by molar-refractivity contribution is 0.585. The van der Waals surface area contributed by atoms with Gasteiger partial charge >= 0.3 is 0 Å². The molecule has 0 aromatic carbocycles. The van der Waals surface area contributed by atoms with Crippen molar-refractivity contribution in [2.45, 2.75) is 61.3 Å². The number of aromatic nitrogens is 4. The SMILES string of the molecule is C=CC[C@@H](C)[C@H](C)Sc1ncccn1.C=CC[C@H](C)[C@@H](C)Sc1ncccn1. The van der Waals surface area contributed by atoms with E-state index in [-0.39, 0.29) is 0 Å². The molecule has 0 saturated carbocycles. The zero-order valence-corrected chi connectivity index (χ0v) is 19.0. The molecule has 0 bridgehead atoms. The van der Waals surface area contributed by atoms with Gasteiger partial charge in [0.05, 0.1) is 0 Å². The number of nitrogens with zero attached hydrogens (tertiary/aromatic N) is 4. The Morgan fingerprint density at radius 2 is 1.04 bits per heavy atom. The van der Waals surface area contributed by atoms with E-state index >= 15 is 0 Å². The molecule has 4 atom stereocenters. The molecule has 0 fully saturated rings. The Labute approximate surface area is 178 Å². The summed E-state index contributed by atoms with van der Waals surface area (Å²) in [6, 6.07) is 3.67. The van der Waals surface area contributed by atoms with Crippen LogP contribution in [0.2, 0.25) is 0 Å². The second kappa shape index (κ2) is 14.4. The second-order valence-corrected chi connectivity index (χ2v) is 9.40. The van der Waals surface area contributed by atoms with Gasteiger partial charge < -0.3 is 0 Å². The summed E-state index contributed by atoms with van der Waals surface area (Å²) >= 11 is 3.44. The normalized spacial score (nSPS) is 14.7. The highest BCUT2D eigenvalue weighted by Gasteiger charge is 2.13. The summed E-state index contributed by atoms with van der Waals surface area (Å²) in [6.07, 6.45) is 13.1. The molecule has 2 aromatic heterocycles. The van der Waals surface area contributed by atoms with Crippen molar-refractivity contribution in [3.63, 3.8) is 0 Å². The fourth-order valence-electron chi connectivity index (χ4n) is 2.17. The van der Waals surface area contributed by atoms with Gasteiger partial charge in [-0.05, 0) is 36.8 Å². The minimum Gasteiger partial charge on any atom is -0.231 e. The highest BCUT2D eigenvalue weighted by Crippen LogP contribution is 2.27. The third-order valence-electron chi connectivity index (χ3n) is 4.35. The zero-order chi connectivity index (χ0) is 20.8. The number of hydrogen-bond donors (Lipinski definition) is 0. The van der Waals surface area contributed by atoms with Gasteiger partial charge in [-0.2, -0.15) is 0 Å². The zero-order valence-electron chi connectivity index (χ0n) is 17.4. The Bertz CT molecular complexity index is 607. The summed E-state index contributed by atoms with van der Waals surface area (Å²) in [5.74, 6) is 1.22. The van der Waals surface area contributed by atoms with Crippen molar-refractivity contribution in [3.8, 4) is 0 Å². The van der Waals surface area contributed by atoms with Crippen molar-refractivity contribution in [2.24, 2.45) is 11.8 Å². The van der Waals surface area contributed by atoms with E-state index in [0.29, 0.717) is 22.3 Å². The summed E-state index contributed by atoms with van der Waals surface area (Å²) in [4.78, 5) is 16.7. The predicted octanol–water partition coefficient (Wildman–Crippen LogP) is 6.34. The van der Waals surface area contributed by atoms with E-state index in [1.165, 1.54) is 0 Å². The topological polar surface area (TPSA) is 51.6 Å². The van der Waals surface area contributed by atoms with Gasteiger partial charge in [0.2, 0.25) is 0 Å². The molecule has 0 radical (unpaired) electrons. The summed E-state index contributed by atoms with van der Waals surface area (Å²) < 4.78 is 0. The van der Waals surface area contributed by atoms with E-state index in [9.17, 15) is 0 Å². The summed E-state index contributed by atoms with van der Waals surface area (Å²) in [5.41, 5.74) is 0. The lowest BCUT2D eigenvalue weighted by Gasteiger charge is -2.16. The molecule has 6 heteroatoms. The fraction of sp³-hybridized carbons (Fsp3) is 0.455. The van der Waals surface area contributed by atoms with Gasteiger partial charge in [0, 0.05) is 35.3 Å². The van der Waals surface area contributed by atoms with Crippen LogP contribution in [0.1, 0.15) is 40.5 Å². The van der Waals surface area contributed by atoms with E-state index in [1.54, 1.807) is 48.3 Å². The molecule has 2 heterocycles. The van der Waals surface area contributed by atoms with Crippen LogP contribution in [0.4, 0.5) is 0 Å². The van der Waals surface area contributed by atoms with Crippen LogP contribution in [-0.2, 0) is 0 Å². The van der Waals surface area contributed by atoms with Crippen LogP contribution in [0.5, 0.6) is 0 Å². The third kappa shape index (κ3) is 10.0. The third-order valence-corrected chi connectivity index (χ3v) is 6.86. The van der Waals surface area contributed by atoms with E-state index in [0.717, 1.165) is 23.2 Å². The van der Waals surface area contributed by atoms with Gasteiger partial charge in [0.25, 0.3) is 0 Å². The molecule has 4 nitrogen and oxygen atoms in total. The van der Waals surface area contributed by atoms with E-state index < -0.39 is 0 Å². The molecular formula is C22H32N4S2. The summed E-state index contributed by atoms with van der Waals surface area (Å²) in [5, 5.41) is 2.76. The van der Waals surface area contributed by atoms with Gasteiger partial charge in [-0.15, -0.1) is 13.2 Å². The standard InChI is InChI=1S/2C11H16N2S/c2*1-4-6-9(2)10(3)14-11-12-7-5-8-13-11/h2*4-5,7-10H,1,6H2,2-3H3/t2*9-,10+/m10/s1. The molecule has 2 aromatic rings. The molecule has 152 valence electrons. The maximum atomic E-state index is 4.19. The molecule has 0 aliphatic heterocycles. The maximum Gasteiger partial charge on any atom is 0.187 e. The summed E-state index contributed by atoms with van der Waals surface area (Å²) in [7, 11) is 0. The van der Waals surface area contributed by atoms with Gasteiger partial charge in [0.1, 0.15) is 0 Å². The predicted molar refractivity (Wildman–Crippen MR) is 123 cm³/mol. The lowest BCUT2D eigenvalue weighted by atomic mass is 10.1. The molecule has 0 aliphatic rings. The smallest absolute Gasteiger partial charge is 0.187 e. The van der Waals surface area contributed by atoms with Crippen molar-refractivity contribution >= 4 is 23.5 Å². The first-order valence-corrected chi connectivity index (χ1v) is 11.3. The van der Waals surface area contributed by atoms with E-state index in [2.05, 4.69) is 60.8 Å². The Morgan fingerprint density at radius 3 is 1.32 bits per heavy atom.